The average Bonchev–Trinajstić information content (AvgIpc) is 2.68. The summed E-state index contributed by atoms with van der Waals surface area (Å²) in [5.41, 5.74) is 9.18. The summed E-state index contributed by atoms with van der Waals surface area (Å²) in [6, 6.07) is 9.19. The highest BCUT2D eigenvalue weighted by molar-refractivity contribution is 5.58. The molecule has 2 heteroatoms. The van der Waals surface area contributed by atoms with E-state index in [0.717, 1.165) is 25.9 Å². The highest BCUT2D eigenvalue weighted by atomic mass is 15.2. The molecule has 2 N–H and O–H groups in total. The lowest BCUT2D eigenvalue weighted by Gasteiger charge is -2.34. The smallest absolute Gasteiger partial charge is 0.0417 e. The van der Waals surface area contributed by atoms with Gasteiger partial charge in [0.05, 0.1) is 0 Å². The topological polar surface area (TPSA) is 29.3 Å². The van der Waals surface area contributed by atoms with Crippen LogP contribution >= 0.6 is 0 Å². The third kappa shape index (κ3) is 2.81. The Labute approximate surface area is 105 Å². The Morgan fingerprint density at radius 3 is 2.65 bits per heavy atom. The number of benzene rings is 1. The van der Waals surface area contributed by atoms with Crippen LogP contribution in [-0.4, -0.2) is 19.1 Å². The van der Waals surface area contributed by atoms with Gasteiger partial charge < -0.3 is 10.6 Å². The number of nitrogens with zero attached hydrogens (tertiary/aromatic N) is 1. The summed E-state index contributed by atoms with van der Waals surface area (Å²) in [6.45, 7) is 8.73. The summed E-state index contributed by atoms with van der Waals surface area (Å²) in [5, 5.41) is 0. The molecule has 0 spiro atoms. The Bertz CT molecular complexity index is 379. The molecule has 0 aliphatic carbocycles. The lowest BCUT2D eigenvalue weighted by atomic mass is 9.87. The Hall–Kier alpha value is -1.02. The monoisotopic (exact) mass is 232 g/mol. The van der Waals surface area contributed by atoms with E-state index >= 15 is 0 Å². The molecule has 0 radical (unpaired) electrons. The molecular formula is C15H24N2. The van der Waals surface area contributed by atoms with Crippen LogP contribution in [0.3, 0.4) is 0 Å². The molecule has 0 saturated carbocycles. The van der Waals surface area contributed by atoms with Crippen LogP contribution in [0.15, 0.2) is 24.3 Å². The summed E-state index contributed by atoms with van der Waals surface area (Å²) in [6.07, 6.45) is 2.31. The number of rotatable bonds is 3. The van der Waals surface area contributed by atoms with Crippen LogP contribution in [0.2, 0.25) is 0 Å². The van der Waals surface area contributed by atoms with Crippen molar-refractivity contribution >= 4 is 5.69 Å². The van der Waals surface area contributed by atoms with E-state index in [9.17, 15) is 0 Å². The van der Waals surface area contributed by atoms with Crippen molar-refractivity contribution in [2.24, 2.45) is 11.1 Å². The zero-order valence-electron chi connectivity index (χ0n) is 11.2. The van der Waals surface area contributed by atoms with Crippen molar-refractivity contribution in [2.45, 2.75) is 39.7 Å². The summed E-state index contributed by atoms with van der Waals surface area (Å²) >= 11 is 0. The number of anilines is 1. The van der Waals surface area contributed by atoms with Crippen LogP contribution in [0.25, 0.3) is 0 Å². The minimum Gasteiger partial charge on any atom is -0.367 e. The van der Waals surface area contributed by atoms with Gasteiger partial charge in [-0.1, -0.05) is 39.0 Å². The van der Waals surface area contributed by atoms with Gasteiger partial charge in [0, 0.05) is 24.8 Å². The zero-order chi connectivity index (χ0) is 12.5. The highest BCUT2D eigenvalue weighted by Crippen LogP contribution is 2.32. The fourth-order valence-electron chi connectivity index (χ4n) is 2.77. The number of fused-ring (bicyclic) bond motifs is 1. The lowest BCUT2D eigenvalue weighted by Crippen LogP contribution is -2.42. The third-order valence-corrected chi connectivity index (χ3v) is 3.48. The quantitative estimate of drug-likeness (QED) is 0.868. The van der Waals surface area contributed by atoms with Crippen molar-refractivity contribution < 1.29 is 0 Å². The van der Waals surface area contributed by atoms with Gasteiger partial charge in [-0.3, -0.25) is 0 Å². The molecule has 0 saturated heterocycles. The van der Waals surface area contributed by atoms with Crippen molar-refractivity contribution in [1.82, 2.24) is 0 Å². The molecule has 1 aliphatic rings. The van der Waals surface area contributed by atoms with Crippen molar-refractivity contribution in [1.29, 1.82) is 0 Å². The normalized spacial score (nSPS) is 17.1. The second-order valence-electron chi connectivity index (χ2n) is 6.23. The van der Waals surface area contributed by atoms with Gasteiger partial charge in [-0.05, 0) is 29.9 Å². The van der Waals surface area contributed by atoms with Crippen molar-refractivity contribution in [3.63, 3.8) is 0 Å². The average molecular weight is 232 g/mol. The molecular weight excluding hydrogens is 208 g/mol. The van der Waals surface area contributed by atoms with Crippen LogP contribution in [0.1, 0.15) is 32.8 Å². The fraction of sp³-hybridized carbons (Fsp3) is 0.600. The minimum atomic E-state index is 0.335. The van der Waals surface area contributed by atoms with Crippen molar-refractivity contribution in [3.05, 3.63) is 29.8 Å². The molecule has 0 amide bonds. The first-order chi connectivity index (χ1) is 8.01. The summed E-state index contributed by atoms with van der Waals surface area (Å²) in [5.74, 6) is 0. The second-order valence-corrected chi connectivity index (χ2v) is 6.23. The zero-order valence-corrected chi connectivity index (χ0v) is 11.2. The molecule has 1 atom stereocenters. The molecule has 1 unspecified atom stereocenters. The van der Waals surface area contributed by atoms with Gasteiger partial charge >= 0.3 is 0 Å². The van der Waals surface area contributed by atoms with Crippen molar-refractivity contribution in [3.8, 4) is 0 Å². The van der Waals surface area contributed by atoms with Gasteiger partial charge in [0.1, 0.15) is 0 Å². The highest BCUT2D eigenvalue weighted by Gasteiger charge is 2.27. The standard InChI is InChI=1S/C15H24N2/c1-15(2,3)10-13(11-16)17-9-8-12-6-4-5-7-14(12)17/h4-7,13H,8-11,16H2,1-3H3. The SMILES string of the molecule is CC(C)(C)CC(CN)N1CCc2ccccc21. The second kappa shape index (κ2) is 4.69. The summed E-state index contributed by atoms with van der Waals surface area (Å²) < 4.78 is 0. The number of nitrogens with two attached hydrogens (primary N) is 1. The van der Waals surface area contributed by atoms with Crippen LogP contribution in [0.5, 0.6) is 0 Å². The molecule has 17 heavy (non-hydrogen) atoms. The molecule has 1 aromatic rings. The van der Waals surface area contributed by atoms with Crippen LogP contribution < -0.4 is 10.6 Å². The number of hydrogen-bond acceptors (Lipinski definition) is 2. The molecule has 0 bridgehead atoms. The summed E-state index contributed by atoms with van der Waals surface area (Å²) in [7, 11) is 0. The number of para-hydroxylation sites is 1. The fourth-order valence-corrected chi connectivity index (χ4v) is 2.77. The van der Waals surface area contributed by atoms with E-state index in [1.165, 1.54) is 11.3 Å². The first-order valence-electron chi connectivity index (χ1n) is 6.56. The molecule has 1 aliphatic heterocycles. The van der Waals surface area contributed by atoms with Crippen LogP contribution in [0, 0.1) is 5.41 Å². The Balaban J connectivity index is 2.17. The molecule has 1 heterocycles. The molecule has 0 aromatic heterocycles. The molecule has 94 valence electrons. The van der Waals surface area contributed by atoms with Gasteiger partial charge in [0.25, 0.3) is 0 Å². The van der Waals surface area contributed by atoms with Crippen LogP contribution in [-0.2, 0) is 6.42 Å². The predicted molar refractivity (Wildman–Crippen MR) is 74.4 cm³/mol. The molecule has 0 fully saturated rings. The maximum absolute atomic E-state index is 5.98. The van der Waals surface area contributed by atoms with E-state index in [4.69, 9.17) is 5.73 Å². The Morgan fingerprint density at radius 2 is 2.00 bits per heavy atom. The van der Waals surface area contributed by atoms with Gasteiger partial charge in [-0.25, -0.2) is 0 Å². The third-order valence-electron chi connectivity index (χ3n) is 3.48. The van der Waals surface area contributed by atoms with E-state index < -0.39 is 0 Å². The van der Waals surface area contributed by atoms with Gasteiger partial charge in [0.2, 0.25) is 0 Å². The lowest BCUT2D eigenvalue weighted by molar-refractivity contribution is 0.334. The van der Waals surface area contributed by atoms with E-state index in [1.807, 2.05) is 0 Å². The largest absolute Gasteiger partial charge is 0.367 e. The number of hydrogen-bond donors (Lipinski definition) is 1. The van der Waals surface area contributed by atoms with E-state index in [0.29, 0.717) is 11.5 Å². The first-order valence-corrected chi connectivity index (χ1v) is 6.56. The van der Waals surface area contributed by atoms with Crippen LogP contribution in [0.4, 0.5) is 5.69 Å². The predicted octanol–water partition coefficient (Wildman–Crippen LogP) is 2.81. The van der Waals surface area contributed by atoms with E-state index in [1.54, 1.807) is 0 Å². The Morgan fingerprint density at radius 1 is 1.29 bits per heavy atom. The van der Waals surface area contributed by atoms with Gasteiger partial charge in [0.15, 0.2) is 0 Å². The summed E-state index contributed by atoms with van der Waals surface area (Å²) in [4.78, 5) is 2.50. The molecule has 2 rings (SSSR count). The van der Waals surface area contributed by atoms with E-state index in [-0.39, 0.29) is 0 Å². The Kier molecular flexibility index (Phi) is 3.43. The molecule has 1 aromatic carbocycles. The van der Waals surface area contributed by atoms with Crippen molar-refractivity contribution in [2.75, 3.05) is 18.0 Å². The molecule has 2 nitrogen and oxygen atoms in total. The maximum Gasteiger partial charge on any atom is 0.0417 e. The minimum absolute atomic E-state index is 0.335. The van der Waals surface area contributed by atoms with Gasteiger partial charge in [-0.2, -0.15) is 0 Å². The maximum atomic E-state index is 5.98. The van der Waals surface area contributed by atoms with E-state index in [2.05, 4.69) is 49.9 Å². The first kappa shape index (κ1) is 12.4. The van der Waals surface area contributed by atoms with Gasteiger partial charge in [-0.15, -0.1) is 0 Å².